The topological polar surface area (TPSA) is 37.4 Å². The van der Waals surface area contributed by atoms with Crippen LogP contribution >= 0.6 is 11.6 Å². The molecule has 1 aromatic carbocycles. The molecule has 2 rings (SSSR count). The van der Waals surface area contributed by atoms with Crippen molar-refractivity contribution in [1.29, 1.82) is 0 Å². The standard InChI is InChI=1S/C11H10ClNO2/c12-9-6-8(7-14)3-4-10(9)13-5-1-2-11(13)15/h3-4,6-7H,1-2,5H2. The molecular weight excluding hydrogens is 214 g/mol. The van der Waals surface area contributed by atoms with E-state index in [9.17, 15) is 9.59 Å². The predicted molar refractivity (Wildman–Crippen MR) is 58.4 cm³/mol. The van der Waals surface area contributed by atoms with Crippen LogP contribution in [0.2, 0.25) is 5.02 Å². The molecule has 4 heteroatoms. The van der Waals surface area contributed by atoms with E-state index in [-0.39, 0.29) is 5.91 Å². The first-order valence-corrected chi connectivity index (χ1v) is 5.15. The third-order valence-corrected chi connectivity index (χ3v) is 2.77. The summed E-state index contributed by atoms with van der Waals surface area (Å²) in [6, 6.07) is 4.96. The van der Waals surface area contributed by atoms with Crippen LogP contribution < -0.4 is 4.90 Å². The van der Waals surface area contributed by atoms with Crippen LogP contribution in [0.4, 0.5) is 5.69 Å². The van der Waals surface area contributed by atoms with Gasteiger partial charge in [0, 0.05) is 18.5 Å². The summed E-state index contributed by atoms with van der Waals surface area (Å²) in [5.41, 5.74) is 1.22. The molecule has 15 heavy (non-hydrogen) atoms. The quantitative estimate of drug-likeness (QED) is 0.722. The Morgan fingerprint density at radius 3 is 2.73 bits per heavy atom. The van der Waals surface area contributed by atoms with E-state index in [4.69, 9.17) is 11.6 Å². The maximum Gasteiger partial charge on any atom is 0.227 e. The average molecular weight is 224 g/mol. The molecule has 0 unspecified atom stereocenters. The number of hydrogen-bond donors (Lipinski definition) is 0. The monoisotopic (exact) mass is 223 g/mol. The molecule has 0 atom stereocenters. The van der Waals surface area contributed by atoms with Crippen molar-refractivity contribution in [3.05, 3.63) is 28.8 Å². The third kappa shape index (κ3) is 1.88. The highest BCUT2D eigenvalue weighted by molar-refractivity contribution is 6.34. The zero-order chi connectivity index (χ0) is 10.8. The van der Waals surface area contributed by atoms with Crippen LogP contribution in [0.3, 0.4) is 0 Å². The molecule has 0 bridgehead atoms. The SMILES string of the molecule is O=Cc1ccc(N2CCCC2=O)c(Cl)c1. The Bertz CT molecular complexity index is 417. The second-order valence-electron chi connectivity index (χ2n) is 3.48. The van der Waals surface area contributed by atoms with E-state index >= 15 is 0 Å². The minimum absolute atomic E-state index is 0.0933. The maximum atomic E-state index is 11.5. The van der Waals surface area contributed by atoms with Crippen molar-refractivity contribution in [1.82, 2.24) is 0 Å². The first-order valence-electron chi connectivity index (χ1n) is 4.77. The largest absolute Gasteiger partial charge is 0.311 e. The third-order valence-electron chi connectivity index (χ3n) is 2.47. The molecule has 0 radical (unpaired) electrons. The van der Waals surface area contributed by atoms with Gasteiger partial charge in [-0.25, -0.2) is 0 Å². The number of anilines is 1. The van der Waals surface area contributed by atoms with Crippen LogP contribution in [0, 0.1) is 0 Å². The molecule has 3 nitrogen and oxygen atoms in total. The predicted octanol–water partition coefficient (Wildman–Crippen LogP) is 2.28. The fourth-order valence-corrected chi connectivity index (χ4v) is 2.01. The van der Waals surface area contributed by atoms with Gasteiger partial charge in [-0.2, -0.15) is 0 Å². The van der Waals surface area contributed by atoms with Crippen LogP contribution in [-0.4, -0.2) is 18.7 Å². The van der Waals surface area contributed by atoms with Crippen molar-refractivity contribution >= 4 is 29.5 Å². The summed E-state index contributed by atoms with van der Waals surface area (Å²) in [5, 5.41) is 0.454. The first kappa shape index (κ1) is 10.2. The van der Waals surface area contributed by atoms with Gasteiger partial charge >= 0.3 is 0 Å². The normalized spacial score (nSPS) is 15.8. The molecule has 1 heterocycles. The Morgan fingerprint density at radius 2 is 2.20 bits per heavy atom. The van der Waals surface area contributed by atoms with Gasteiger partial charge in [0.15, 0.2) is 0 Å². The molecule has 1 saturated heterocycles. The minimum atomic E-state index is 0.0933. The highest BCUT2D eigenvalue weighted by atomic mass is 35.5. The molecule has 1 aromatic rings. The van der Waals surface area contributed by atoms with Crippen molar-refractivity contribution < 1.29 is 9.59 Å². The number of rotatable bonds is 2. The molecular formula is C11H10ClNO2. The number of halogens is 1. The van der Waals surface area contributed by atoms with Gasteiger partial charge in [-0.05, 0) is 24.6 Å². The van der Waals surface area contributed by atoms with Gasteiger partial charge in [-0.15, -0.1) is 0 Å². The number of nitrogens with zero attached hydrogens (tertiary/aromatic N) is 1. The molecule has 0 N–H and O–H groups in total. The van der Waals surface area contributed by atoms with Crippen molar-refractivity contribution in [2.75, 3.05) is 11.4 Å². The Kier molecular flexibility index (Phi) is 2.73. The van der Waals surface area contributed by atoms with Gasteiger partial charge in [0.05, 0.1) is 10.7 Å². The number of carbonyl (C=O) groups excluding carboxylic acids is 2. The number of aldehydes is 1. The van der Waals surface area contributed by atoms with Crippen LogP contribution in [0.15, 0.2) is 18.2 Å². The summed E-state index contributed by atoms with van der Waals surface area (Å²) in [4.78, 5) is 23.7. The van der Waals surface area contributed by atoms with Gasteiger partial charge in [-0.1, -0.05) is 11.6 Å². The lowest BCUT2D eigenvalue weighted by atomic mass is 10.2. The molecule has 1 fully saturated rings. The lowest BCUT2D eigenvalue weighted by Gasteiger charge is -2.17. The summed E-state index contributed by atoms with van der Waals surface area (Å²) in [6.45, 7) is 0.707. The first-order chi connectivity index (χ1) is 7.22. The molecule has 0 saturated carbocycles. The number of amides is 1. The molecule has 1 aliphatic rings. The van der Waals surface area contributed by atoms with Crippen LogP contribution in [0.25, 0.3) is 0 Å². The Balaban J connectivity index is 2.36. The molecule has 0 aromatic heterocycles. The lowest BCUT2D eigenvalue weighted by Crippen LogP contribution is -2.23. The lowest BCUT2D eigenvalue weighted by molar-refractivity contribution is -0.117. The van der Waals surface area contributed by atoms with Gasteiger partial charge in [-0.3, -0.25) is 9.59 Å². The van der Waals surface area contributed by atoms with Crippen LogP contribution in [-0.2, 0) is 4.79 Å². The second-order valence-corrected chi connectivity index (χ2v) is 3.88. The van der Waals surface area contributed by atoms with Gasteiger partial charge in [0.25, 0.3) is 0 Å². The maximum absolute atomic E-state index is 11.5. The molecule has 78 valence electrons. The highest BCUT2D eigenvalue weighted by Gasteiger charge is 2.23. The smallest absolute Gasteiger partial charge is 0.227 e. The van der Waals surface area contributed by atoms with Gasteiger partial charge in [0.2, 0.25) is 5.91 Å². The van der Waals surface area contributed by atoms with E-state index in [1.165, 1.54) is 0 Å². The Hall–Kier alpha value is -1.35. The van der Waals surface area contributed by atoms with Crippen molar-refractivity contribution in [3.63, 3.8) is 0 Å². The van der Waals surface area contributed by atoms with Crippen molar-refractivity contribution in [2.45, 2.75) is 12.8 Å². The van der Waals surface area contributed by atoms with Gasteiger partial charge < -0.3 is 4.90 Å². The number of hydrogen-bond acceptors (Lipinski definition) is 2. The average Bonchev–Trinajstić information content (AvgIpc) is 2.64. The van der Waals surface area contributed by atoms with Crippen LogP contribution in [0.1, 0.15) is 23.2 Å². The van der Waals surface area contributed by atoms with Crippen molar-refractivity contribution in [2.24, 2.45) is 0 Å². The number of carbonyl (C=O) groups is 2. The van der Waals surface area contributed by atoms with E-state index in [2.05, 4.69) is 0 Å². The summed E-state index contributed by atoms with van der Waals surface area (Å²) in [6.07, 6.45) is 2.18. The van der Waals surface area contributed by atoms with Gasteiger partial charge in [0.1, 0.15) is 6.29 Å². The second kappa shape index (κ2) is 4.03. The van der Waals surface area contributed by atoms with E-state index in [1.807, 2.05) is 0 Å². The van der Waals surface area contributed by atoms with E-state index in [1.54, 1.807) is 23.1 Å². The molecule has 0 spiro atoms. The van der Waals surface area contributed by atoms with E-state index in [0.717, 1.165) is 12.7 Å². The zero-order valence-corrected chi connectivity index (χ0v) is 8.83. The molecule has 1 amide bonds. The van der Waals surface area contributed by atoms with E-state index < -0.39 is 0 Å². The number of benzene rings is 1. The summed E-state index contributed by atoms with van der Waals surface area (Å²) in [5.74, 6) is 0.0933. The highest BCUT2D eigenvalue weighted by Crippen LogP contribution is 2.29. The fraction of sp³-hybridized carbons (Fsp3) is 0.273. The Morgan fingerprint density at radius 1 is 1.40 bits per heavy atom. The van der Waals surface area contributed by atoms with Crippen LogP contribution in [0.5, 0.6) is 0 Å². The Labute approximate surface area is 92.6 Å². The molecule has 1 aliphatic heterocycles. The summed E-state index contributed by atoms with van der Waals surface area (Å²) >= 11 is 6.00. The minimum Gasteiger partial charge on any atom is -0.311 e. The summed E-state index contributed by atoms with van der Waals surface area (Å²) in [7, 11) is 0. The van der Waals surface area contributed by atoms with Crippen molar-refractivity contribution in [3.8, 4) is 0 Å². The zero-order valence-electron chi connectivity index (χ0n) is 8.07. The molecule has 0 aliphatic carbocycles. The summed E-state index contributed by atoms with van der Waals surface area (Å²) < 4.78 is 0. The fourth-order valence-electron chi connectivity index (χ4n) is 1.72. The van der Waals surface area contributed by atoms with E-state index in [0.29, 0.717) is 29.2 Å².